The lowest BCUT2D eigenvalue weighted by atomic mass is 10.1. The summed E-state index contributed by atoms with van der Waals surface area (Å²) >= 11 is 0. The zero-order chi connectivity index (χ0) is 10.8. The average molecular weight is 221 g/mol. The predicted molar refractivity (Wildman–Crippen MR) is 48.5 cm³/mol. The topological polar surface area (TPSA) is 95.9 Å². The molecule has 0 aromatic carbocycles. The van der Waals surface area contributed by atoms with Crippen molar-refractivity contribution in [3.63, 3.8) is 0 Å². The second-order valence-corrected chi connectivity index (χ2v) is 3.82. The standard InChI is InChI=1S/C7H11NO5S/c1-8-6-2-4-7(9,5-3-6)13-14(10,11)12/h2-4,8-9H,5H2,1H3,(H,10,11,12)/t7-/m1/s1. The van der Waals surface area contributed by atoms with Crippen LogP contribution in [-0.4, -0.2) is 30.9 Å². The number of hydrogen-bond acceptors (Lipinski definition) is 5. The third kappa shape index (κ3) is 3.11. The van der Waals surface area contributed by atoms with Gasteiger partial charge in [-0.15, -0.1) is 0 Å². The third-order valence-corrected chi connectivity index (χ3v) is 2.18. The summed E-state index contributed by atoms with van der Waals surface area (Å²) in [7, 11) is -2.97. The van der Waals surface area contributed by atoms with Crippen LogP contribution in [0.3, 0.4) is 0 Å². The van der Waals surface area contributed by atoms with Gasteiger partial charge < -0.3 is 10.4 Å². The lowest BCUT2D eigenvalue weighted by molar-refractivity contribution is -0.0933. The summed E-state index contributed by atoms with van der Waals surface area (Å²) in [6, 6.07) is 0. The highest BCUT2D eigenvalue weighted by Gasteiger charge is 2.31. The highest BCUT2D eigenvalue weighted by Crippen LogP contribution is 2.22. The second kappa shape index (κ2) is 3.70. The van der Waals surface area contributed by atoms with Crippen LogP contribution in [0.5, 0.6) is 0 Å². The van der Waals surface area contributed by atoms with E-state index in [1.165, 1.54) is 6.08 Å². The maximum atomic E-state index is 10.4. The SMILES string of the molecule is CNC1=CC[C@](O)(OS(=O)(=O)O)C=C1. The van der Waals surface area contributed by atoms with Gasteiger partial charge in [-0.25, -0.2) is 4.18 Å². The van der Waals surface area contributed by atoms with Gasteiger partial charge in [0.25, 0.3) is 0 Å². The van der Waals surface area contributed by atoms with Crippen LogP contribution in [-0.2, 0) is 14.6 Å². The number of likely N-dealkylation sites (N-methyl/N-ethyl adjacent to an activating group) is 1. The van der Waals surface area contributed by atoms with Crippen molar-refractivity contribution in [3.05, 3.63) is 23.9 Å². The van der Waals surface area contributed by atoms with E-state index in [0.29, 0.717) is 0 Å². The van der Waals surface area contributed by atoms with Gasteiger partial charge in [0.05, 0.1) is 0 Å². The van der Waals surface area contributed by atoms with Crippen LogP contribution in [0.15, 0.2) is 23.9 Å². The van der Waals surface area contributed by atoms with Crippen molar-refractivity contribution in [1.29, 1.82) is 0 Å². The molecule has 0 bridgehead atoms. The molecule has 1 aliphatic carbocycles. The fourth-order valence-corrected chi connectivity index (χ4v) is 1.53. The van der Waals surface area contributed by atoms with Gasteiger partial charge in [0.15, 0.2) is 0 Å². The Kier molecular flexibility index (Phi) is 2.95. The second-order valence-electron chi connectivity index (χ2n) is 2.80. The van der Waals surface area contributed by atoms with Crippen LogP contribution in [0, 0.1) is 0 Å². The van der Waals surface area contributed by atoms with Crippen molar-refractivity contribution in [2.75, 3.05) is 7.05 Å². The number of nitrogens with one attached hydrogen (secondary N) is 1. The summed E-state index contributed by atoms with van der Waals surface area (Å²) in [6.07, 6.45) is 4.09. The van der Waals surface area contributed by atoms with E-state index >= 15 is 0 Å². The molecule has 0 saturated heterocycles. The predicted octanol–water partition coefficient (Wildman–Crippen LogP) is -0.442. The molecule has 0 amide bonds. The summed E-state index contributed by atoms with van der Waals surface area (Å²) in [5.41, 5.74) is 0.730. The molecule has 80 valence electrons. The zero-order valence-corrected chi connectivity index (χ0v) is 8.28. The summed E-state index contributed by atoms with van der Waals surface area (Å²) in [6.45, 7) is 0. The number of rotatable bonds is 3. The van der Waals surface area contributed by atoms with Crippen molar-refractivity contribution >= 4 is 10.4 Å². The highest BCUT2D eigenvalue weighted by molar-refractivity contribution is 7.80. The van der Waals surface area contributed by atoms with Crippen LogP contribution < -0.4 is 5.32 Å². The molecule has 0 aliphatic heterocycles. The lowest BCUT2D eigenvalue weighted by Gasteiger charge is -2.24. The molecule has 0 aromatic heterocycles. The summed E-state index contributed by atoms with van der Waals surface area (Å²) in [5.74, 6) is -1.99. The summed E-state index contributed by atoms with van der Waals surface area (Å²) in [5, 5.41) is 12.3. The number of aliphatic hydroxyl groups is 1. The third-order valence-electron chi connectivity index (χ3n) is 1.68. The fraction of sp³-hybridized carbons (Fsp3) is 0.429. The molecule has 1 rings (SSSR count). The van der Waals surface area contributed by atoms with Gasteiger partial charge in [-0.3, -0.25) is 4.55 Å². The molecular formula is C7H11NO5S. The molecule has 0 heterocycles. The van der Waals surface area contributed by atoms with Crippen molar-refractivity contribution in [1.82, 2.24) is 5.32 Å². The Morgan fingerprint density at radius 2 is 2.29 bits per heavy atom. The first-order chi connectivity index (χ1) is 6.35. The molecule has 6 nitrogen and oxygen atoms in total. The Labute approximate surface area is 81.8 Å². The molecule has 1 aliphatic rings. The Balaban J connectivity index is 2.74. The number of hydrogen-bond donors (Lipinski definition) is 3. The first-order valence-electron chi connectivity index (χ1n) is 3.82. The quantitative estimate of drug-likeness (QED) is 0.441. The molecule has 1 atom stereocenters. The van der Waals surface area contributed by atoms with E-state index in [1.54, 1.807) is 13.1 Å². The Hall–Kier alpha value is -0.890. The smallest absolute Gasteiger partial charge is 0.388 e. The molecule has 0 radical (unpaired) electrons. The van der Waals surface area contributed by atoms with Crippen LogP contribution in [0.25, 0.3) is 0 Å². The molecule has 0 fully saturated rings. The van der Waals surface area contributed by atoms with E-state index in [4.69, 9.17) is 4.55 Å². The minimum Gasteiger partial charge on any atom is -0.388 e. The minimum absolute atomic E-state index is 0.0561. The Morgan fingerprint density at radius 1 is 1.64 bits per heavy atom. The van der Waals surface area contributed by atoms with E-state index in [2.05, 4.69) is 9.50 Å². The maximum absolute atomic E-state index is 10.4. The van der Waals surface area contributed by atoms with Crippen LogP contribution >= 0.6 is 0 Å². The average Bonchev–Trinajstić information content (AvgIpc) is 2.01. The van der Waals surface area contributed by atoms with E-state index in [0.717, 1.165) is 11.8 Å². The van der Waals surface area contributed by atoms with E-state index in [9.17, 15) is 13.5 Å². The van der Waals surface area contributed by atoms with Gasteiger partial charge >= 0.3 is 10.4 Å². The van der Waals surface area contributed by atoms with Crippen molar-refractivity contribution in [2.24, 2.45) is 0 Å². The Bertz CT molecular complexity index is 372. The normalized spacial score (nSPS) is 27.2. The molecule has 14 heavy (non-hydrogen) atoms. The zero-order valence-electron chi connectivity index (χ0n) is 7.47. The van der Waals surface area contributed by atoms with E-state index < -0.39 is 16.2 Å². The van der Waals surface area contributed by atoms with Crippen molar-refractivity contribution in [2.45, 2.75) is 12.2 Å². The molecule has 0 spiro atoms. The maximum Gasteiger partial charge on any atom is 0.400 e. The lowest BCUT2D eigenvalue weighted by Crippen LogP contribution is -2.34. The fourth-order valence-electron chi connectivity index (χ4n) is 1.04. The molecule has 0 unspecified atom stereocenters. The minimum atomic E-state index is -4.66. The van der Waals surface area contributed by atoms with Crippen molar-refractivity contribution < 1.29 is 22.3 Å². The molecule has 0 aromatic rings. The Morgan fingerprint density at radius 3 is 2.64 bits per heavy atom. The molecular weight excluding hydrogens is 210 g/mol. The summed E-state index contributed by atoms with van der Waals surface area (Å²) < 4.78 is 33.2. The van der Waals surface area contributed by atoms with Crippen LogP contribution in [0.4, 0.5) is 0 Å². The summed E-state index contributed by atoms with van der Waals surface area (Å²) in [4.78, 5) is 0. The van der Waals surface area contributed by atoms with Gasteiger partial charge in [-0.05, 0) is 12.2 Å². The largest absolute Gasteiger partial charge is 0.400 e. The highest BCUT2D eigenvalue weighted by atomic mass is 32.3. The first kappa shape index (κ1) is 11.2. The first-order valence-corrected chi connectivity index (χ1v) is 5.19. The van der Waals surface area contributed by atoms with Gasteiger partial charge in [-0.1, -0.05) is 6.08 Å². The number of allylic oxidation sites excluding steroid dienone is 1. The monoisotopic (exact) mass is 221 g/mol. The van der Waals surface area contributed by atoms with Crippen molar-refractivity contribution in [3.8, 4) is 0 Å². The van der Waals surface area contributed by atoms with Crippen LogP contribution in [0.2, 0.25) is 0 Å². The van der Waals surface area contributed by atoms with Gasteiger partial charge in [0.1, 0.15) is 0 Å². The molecule has 3 N–H and O–H groups in total. The van der Waals surface area contributed by atoms with Gasteiger partial charge in [-0.2, -0.15) is 8.42 Å². The van der Waals surface area contributed by atoms with Gasteiger partial charge in [0.2, 0.25) is 5.79 Å². The van der Waals surface area contributed by atoms with E-state index in [-0.39, 0.29) is 6.42 Å². The van der Waals surface area contributed by atoms with E-state index in [1.807, 2.05) is 0 Å². The van der Waals surface area contributed by atoms with Crippen LogP contribution in [0.1, 0.15) is 6.42 Å². The molecule has 0 saturated carbocycles. The van der Waals surface area contributed by atoms with Gasteiger partial charge in [0, 0.05) is 19.2 Å². The molecule has 7 heteroatoms.